The van der Waals surface area contributed by atoms with Crippen molar-refractivity contribution in [1.29, 1.82) is 0 Å². The highest BCUT2D eigenvalue weighted by Gasteiger charge is 2.18. The van der Waals surface area contributed by atoms with Crippen molar-refractivity contribution in [1.82, 2.24) is 15.1 Å². The average molecular weight is 332 g/mol. The van der Waals surface area contributed by atoms with Crippen LogP contribution in [0.4, 0.5) is 5.69 Å². The maximum atomic E-state index is 12.5. The predicted molar refractivity (Wildman–Crippen MR) is 90.7 cm³/mol. The fourth-order valence-electron chi connectivity index (χ4n) is 2.39. The number of hydrogen-bond acceptors (Lipinski definition) is 6. The lowest BCUT2D eigenvalue weighted by atomic mass is 10.1. The molecule has 2 heterocycles. The van der Waals surface area contributed by atoms with Gasteiger partial charge in [-0.15, -0.1) is 10.2 Å². The van der Waals surface area contributed by atoms with E-state index in [2.05, 4.69) is 15.5 Å². The third-order valence-electron chi connectivity index (χ3n) is 3.66. The number of hydrogen-bond donors (Lipinski definition) is 1. The van der Waals surface area contributed by atoms with E-state index in [1.165, 1.54) is 0 Å². The van der Waals surface area contributed by atoms with E-state index in [9.17, 15) is 4.79 Å². The van der Waals surface area contributed by atoms with Gasteiger partial charge in [-0.05, 0) is 18.2 Å². The van der Waals surface area contributed by atoms with Crippen molar-refractivity contribution in [2.24, 2.45) is 0 Å². The quantitative estimate of drug-likeness (QED) is 0.907. The van der Waals surface area contributed by atoms with Crippen LogP contribution in [0.25, 0.3) is 0 Å². The fraction of sp³-hybridized carbons (Fsp3) is 0.438. The highest BCUT2D eigenvalue weighted by Crippen LogP contribution is 2.17. The van der Waals surface area contributed by atoms with Gasteiger partial charge < -0.3 is 14.6 Å². The molecular formula is C16H20N4O2S. The summed E-state index contributed by atoms with van der Waals surface area (Å²) in [5.74, 6) is 3.31. The van der Waals surface area contributed by atoms with E-state index >= 15 is 0 Å². The Kier molecular flexibility index (Phi) is 5.17. The Morgan fingerprint density at radius 3 is 2.83 bits per heavy atom. The summed E-state index contributed by atoms with van der Waals surface area (Å²) in [6.45, 7) is 4.07. The van der Waals surface area contributed by atoms with Gasteiger partial charge in [-0.3, -0.25) is 4.79 Å². The number of aryl methyl sites for hydroxylation is 1. The number of nitrogens with zero attached hydrogens (tertiary/aromatic N) is 3. The third kappa shape index (κ3) is 4.04. The van der Waals surface area contributed by atoms with E-state index in [0.717, 1.165) is 36.7 Å². The number of amides is 1. The second-order valence-electron chi connectivity index (χ2n) is 5.28. The van der Waals surface area contributed by atoms with E-state index in [-0.39, 0.29) is 5.91 Å². The number of anilines is 1. The summed E-state index contributed by atoms with van der Waals surface area (Å²) in [4.78, 5) is 14.4. The van der Waals surface area contributed by atoms with Crippen LogP contribution in [-0.4, -0.2) is 45.6 Å². The lowest BCUT2D eigenvalue weighted by Gasteiger charge is -2.26. The van der Waals surface area contributed by atoms with E-state index in [1.807, 2.05) is 47.9 Å². The first-order chi connectivity index (χ1) is 11.3. The molecule has 1 aromatic carbocycles. The summed E-state index contributed by atoms with van der Waals surface area (Å²) in [6, 6.07) is 7.55. The van der Waals surface area contributed by atoms with Gasteiger partial charge in [0.05, 0.1) is 6.54 Å². The second-order valence-corrected chi connectivity index (χ2v) is 6.51. The van der Waals surface area contributed by atoms with Crippen LogP contribution in [0.2, 0.25) is 0 Å². The lowest BCUT2D eigenvalue weighted by Crippen LogP contribution is -2.37. The second kappa shape index (κ2) is 7.50. The SMILES string of the molecule is CCc1nnc(CNc2cccc(C(=O)N3CCSCC3)c2)o1. The summed E-state index contributed by atoms with van der Waals surface area (Å²) in [6.07, 6.45) is 0.727. The number of carbonyl (C=O) groups excluding carboxylic acids is 1. The molecule has 0 aliphatic carbocycles. The van der Waals surface area contributed by atoms with Gasteiger partial charge in [-0.1, -0.05) is 13.0 Å². The molecule has 1 aliphatic heterocycles. The molecule has 0 radical (unpaired) electrons. The summed E-state index contributed by atoms with van der Waals surface area (Å²) < 4.78 is 5.47. The monoisotopic (exact) mass is 332 g/mol. The molecule has 0 spiro atoms. The van der Waals surface area contributed by atoms with E-state index < -0.39 is 0 Å². The van der Waals surface area contributed by atoms with Crippen molar-refractivity contribution in [3.8, 4) is 0 Å². The van der Waals surface area contributed by atoms with Crippen molar-refractivity contribution in [2.75, 3.05) is 29.9 Å². The van der Waals surface area contributed by atoms with Crippen LogP contribution in [0.15, 0.2) is 28.7 Å². The third-order valence-corrected chi connectivity index (χ3v) is 4.61. The highest BCUT2D eigenvalue weighted by atomic mass is 32.2. The molecule has 7 heteroatoms. The Labute approximate surface area is 139 Å². The maximum absolute atomic E-state index is 12.5. The van der Waals surface area contributed by atoms with Crippen LogP contribution >= 0.6 is 11.8 Å². The number of thioether (sulfide) groups is 1. The zero-order valence-corrected chi connectivity index (χ0v) is 13.9. The minimum absolute atomic E-state index is 0.0972. The summed E-state index contributed by atoms with van der Waals surface area (Å²) in [5, 5.41) is 11.1. The zero-order valence-electron chi connectivity index (χ0n) is 13.1. The van der Waals surface area contributed by atoms with Gasteiger partial charge in [0, 0.05) is 42.3 Å². The molecule has 3 rings (SSSR count). The Morgan fingerprint density at radius 1 is 1.30 bits per heavy atom. The van der Waals surface area contributed by atoms with Crippen LogP contribution in [0.1, 0.15) is 29.1 Å². The van der Waals surface area contributed by atoms with Gasteiger partial charge in [0.1, 0.15) is 0 Å². The van der Waals surface area contributed by atoms with Gasteiger partial charge in [0.15, 0.2) is 0 Å². The molecule has 1 aliphatic rings. The summed E-state index contributed by atoms with van der Waals surface area (Å²) in [7, 11) is 0. The minimum atomic E-state index is 0.0972. The molecule has 1 aromatic heterocycles. The van der Waals surface area contributed by atoms with Crippen LogP contribution < -0.4 is 5.32 Å². The van der Waals surface area contributed by atoms with Crippen molar-refractivity contribution < 1.29 is 9.21 Å². The Balaban J connectivity index is 1.63. The van der Waals surface area contributed by atoms with Gasteiger partial charge in [-0.25, -0.2) is 0 Å². The lowest BCUT2D eigenvalue weighted by molar-refractivity contribution is 0.0772. The molecular weight excluding hydrogens is 312 g/mol. The first-order valence-corrected chi connectivity index (χ1v) is 8.94. The molecule has 1 fully saturated rings. The van der Waals surface area contributed by atoms with Crippen LogP contribution in [0.3, 0.4) is 0 Å². The molecule has 122 valence electrons. The molecule has 1 N–H and O–H groups in total. The molecule has 1 saturated heterocycles. The first-order valence-electron chi connectivity index (χ1n) is 7.78. The normalized spacial score (nSPS) is 14.7. The van der Waals surface area contributed by atoms with Crippen molar-refractivity contribution in [3.63, 3.8) is 0 Å². The Hall–Kier alpha value is -2.02. The average Bonchev–Trinajstić information content (AvgIpc) is 3.08. The minimum Gasteiger partial charge on any atom is -0.423 e. The maximum Gasteiger partial charge on any atom is 0.253 e. The Bertz CT molecular complexity index is 668. The zero-order chi connectivity index (χ0) is 16.1. The van der Waals surface area contributed by atoms with E-state index in [1.54, 1.807) is 0 Å². The standard InChI is InChI=1S/C16H20N4O2S/c1-2-14-18-19-15(22-14)11-17-13-5-3-4-12(10-13)16(21)20-6-8-23-9-7-20/h3-5,10,17H,2,6-9,11H2,1H3. The molecule has 0 atom stereocenters. The molecule has 23 heavy (non-hydrogen) atoms. The molecule has 6 nitrogen and oxygen atoms in total. The van der Waals surface area contributed by atoms with Crippen LogP contribution in [0.5, 0.6) is 0 Å². The fourth-order valence-corrected chi connectivity index (χ4v) is 3.29. The van der Waals surface area contributed by atoms with Gasteiger partial charge in [0.25, 0.3) is 5.91 Å². The van der Waals surface area contributed by atoms with Gasteiger partial charge in [0.2, 0.25) is 11.8 Å². The Morgan fingerprint density at radius 2 is 2.09 bits per heavy atom. The smallest absolute Gasteiger partial charge is 0.253 e. The number of nitrogens with one attached hydrogen (secondary N) is 1. The molecule has 2 aromatic rings. The van der Waals surface area contributed by atoms with Crippen molar-refractivity contribution in [2.45, 2.75) is 19.9 Å². The number of rotatable bonds is 5. The predicted octanol–water partition coefficient (Wildman–Crippen LogP) is 2.43. The van der Waals surface area contributed by atoms with Crippen LogP contribution in [-0.2, 0) is 13.0 Å². The van der Waals surface area contributed by atoms with Crippen molar-refractivity contribution in [3.05, 3.63) is 41.6 Å². The van der Waals surface area contributed by atoms with Gasteiger partial charge in [-0.2, -0.15) is 11.8 Å². The topological polar surface area (TPSA) is 71.3 Å². The van der Waals surface area contributed by atoms with Gasteiger partial charge >= 0.3 is 0 Å². The van der Waals surface area contributed by atoms with E-state index in [4.69, 9.17) is 4.42 Å². The van der Waals surface area contributed by atoms with Crippen molar-refractivity contribution >= 4 is 23.4 Å². The number of benzene rings is 1. The molecule has 0 unspecified atom stereocenters. The molecule has 1 amide bonds. The van der Waals surface area contributed by atoms with Crippen LogP contribution in [0, 0.1) is 0 Å². The summed E-state index contributed by atoms with van der Waals surface area (Å²) >= 11 is 1.89. The summed E-state index contributed by atoms with van der Waals surface area (Å²) in [5.41, 5.74) is 1.58. The molecule has 0 saturated carbocycles. The largest absolute Gasteiger partial charge is 0.423 e. The highest BCUT2D eigenvalue weighted by molar-refractivity contribution is 7.99. The van der Waals surface area contributed by atoms with E-state index in [0.29, 0.717) is 23.9 Å². The molecule has 0 bridgehead atoms. The first kappa shape index (κ1) is 15.9. The number of carbonyl (C=O) groups is 1. The number of aromatic nitrogens is 2.